The Morgan fingerprint density at radius 1 is 1.12 bits per heavy atom. The molecule has 128 valence electrons. The molecule has 0 aliphatic carbocycles. The van der Waals surface area contributed by atoms with E-state index in [9.17, 15) is 0 Å². The number of hydrogen-bond acceptors (Lipinski definition) is 6. The first-order valence-corrected chi connectivity index (χ1v) is 8.12. The molecular formula is C18H23N3O3. The highest BCUT2D eigenvalue weighted by molar-refractivity contribution is 5.35. The van der Waals surface area contributed by atoms with Crippen molar-refractivity contribution >= 4 is 5.95 Å². The molecule has 6 nitrogen and oxygen atoms in total. The molecule has 1 saturated heterocycles. The molecule has 0 bridgehead atoms. The van der Waals surface area contributed by atoms with Crippen LogP contribution in [0.5, 0.6) is 5.88 Å². The van der Waals surface area contributed by atoms with Gasteiger partial charge >= 0.3 is 0 Å². The number of aryl methyl sites for hydroxylation is 1. The standard InChI is InChI=1S/C18H23N3O3/c1-14-4-3-5-15(10-14)12-24-17-11-16(13-22-2)19-18(20-17)21-6-8-23-9-7-21/h3-5,10-11H,6-9,12-13H2,1-2H3. The Bertz CT molecular complexity index is 672. The summed E-state index contributed by atoms with van der Waals surface area (Å²) >= 11 is 0. The number of methoxy groups -OCH3 is 1. The van der Waals surface area contributed by atoms with E-state index < -0.39 is 0 Å². The predicted molar refractivity (Wildman–Crippen MR) is 91.3 cm³/mol. The molecule has 3 rings (SSSR count). The Morgan fingerprint density at radius 2 is 1.96 bits per heavy atom. The molecule has 0 amide bonds. The highest BCUT2D eigenvalue weighted by Crippen LogP contribution is 2.19. The highest BCUT2D eigenvalue weighted by atomic mass is 16.5. The van der Waals surface area contributed by atoms with Crippen LogP contribution in [0.3, 0.4) is 0 Å². The van der Waals surface area contributed by atoms with Gasteiger partial charge in [-0.1, -0.05) is 29.8 Å². The quantitative estimate of drug-likeness (QED) is 0.811. The number of nitrogens with zero attached hydrogens (tertiary/aromatic N) is 3. The molecule has 1 fully saturated rings. The fourth-order valence-corrected chi connectivity index (χ4v) is 2.62. The zero-order chi connectivity index (χ0) is 16.8. The van der Waals surface area contributed by atoms with E-state index in [-0.39, 0.29) is 0 Å². The number of hydrogen-bond donors (Lipinski definition) is 0. The van der Waals surface area contributed by atoms with Gasteiger partial charge in [-0.05, 0) is 12.5 Å². The summed E-state index contributed by atoms with van der Waals surface area (Å²) in [4.78, 5) is 11.2. The number of morpholine rings is 1. The first-order valence-electron chi connectivity index (χ1n) is 8.12. The van der Waals surface area contributed by atoms with Gasteiger partial charge in [0.05, 0.1) is 25.5 Å². The van der Waals surface area contributed by atoms with Crippen LogP contribution in [-0.4, -0.2) is 43.4 Å². The van der Waals surface area contributed by atoms with Crippen LogP contribution in [0.25, 0.3) is 0 Å². The first-order chi connectivity index (χ1) is 11.7. The maximum Gasteiger partial charge on any atom is 0.229 e. The monoisotopic (exact) mass is 329 g/mol. The first kappa shape index (κ1) is 16.7. The minimum Gasteiger partial charge on any atom is -0.473 e. The molecule has 0 radical (unpaired) electrons. The van der Waals surface area contributed by atoms with Gasteiger partial charge in [0.15, 0.2) is 0 Å². The van der Waals surface area contributed by atoms with Crippen LogP contribution in [-0.2, 0) is 22.7 Å². The lowest BCUT2D eigenvalue weighted by atomic mass is 10.1. The summed E-state index contributed by atoms with van der Waals surface area (Å²) in [7, 11) is 1.66. The summed E-state index contributed by atoms with van der Waals surface area (Å²) in [6.45, 7) is 5.94. The summed E-state index contributed by atoms with van der Waals surface area (Å²) in [6.07, 6.45) is 0. The topological polar surface area (TPSA) is 56.7 Å². The van der Waals surface area contributed by atoms with E-state index >= 15 is 0 Å². The number of anilines is 1. The van der Waals surface area contributed by atoms with Crippen LogP contribution in [0.4, 0.5) is 5.95 Å². The van der Waals surface area contributed by atoms with Gasteiger partial charge in [-0.2, -0.15) is 4.98 Å². The minimum atomic E-state index is 0.431. The second kappa shape index (κ2) is 8.08. The van der Waals surface area contributed by atoms with Crippen molar-refractivity contribution in [2.24, 2.45) is 0 Å². The Hall–Kier alpha value is -2.18. The minimum absolute atomic E-state index is 0.431. The largest absolute Gasteiger partial charge is 0.473 e. The molecular weight excluding hydrogens is 306 g/mol. The van der Waals surface area contributed by atoms with Crippen LogP contribution in [0, 0.1) is 6.92 Å². The fraction of sp³-hybridized carbons (Fsp3) is 0.444. The molecule has 24 heavy (non-hydrogen) atoms. The summed E-state index contributed by atoms with van der Waals surface area (Å²) in [5, 5.41) is 0. The van der Waals surface area contributed by atoms with Crippen LogP contribution in [0.1, 0.15) is 16.8 Å². The van der Waals surface area contributed by atoms with E-state index in [1.165, 1.54) is 5.56 Å². The van der Waals surface area contributed by atoms with Crippen molar-refractivity contribution in [2.75, 3.05) is 38.3 Å². The van der Waals surface area contributed by atoms with Crippen molar-refractivity contribution < 1.29 is 14.2 Å². The van der Waals surface area contributed by atoms with Gasteiger partial charge in [0.1, 0.15) is 6.61 Å². The SMILES string of the molecule is COCc1cc(OCc2cccc(C)c2)nc(N2CCOCC2)n1. The van der Waals surface area contributed by atoms with Gasteiger partial charge in [-0.3, -0.25) is 0 Å². The third kappa shape index (κ3) is 4.43. The second-order valence-corrected chi connectivity index (χ2v) is 5.81. The van der Waals surface area contributed by atoms with E-state index in [0.717, 1.165) is 24.3 Å². The lowest BCUT2D eigenvalue weighted by Crippen LogP contribution is -2.37. The van der Waals surface area contributed by atoms with E-state index in [4.69, 9.17) is 14.2 Å². The van der Waals surface area contributed by atoms with Gasteiger partial charge in [-0.15, -0.1) is 0 Å². The Kier molecular flexibility index (Phi) is 5.61. The molecule has 0 N–H and O–H groups in total. The zero-order valence-electron chi connectivity index (χ0n) is 14.2. The molecule has 1 aromatic heterocycles. The van der Waals surface area contributed by atoms with Crippen LogP contribution in [0.2, 0.25) is 0 Å². The molecule has 2 aromatic rings. The third-order valence-electron chi connectivity index (χ3n) is 3.80. The van der Waals surface area contributed by atoms with E-state index in [1.807, 2.05) is 18.2 Å². The predicted octanol–water partition coefficient (Wildman–Crippen LogP) is 2.35. The molecule has 0 unspecified atom stereocenters. The van der Waals surface area contributed by atoms with Crippen LogP contribution in [0.15, 0.2) is 30.3 Å². The maximum absolute atomic E-state index is 5.90. The molecule has 1 aromatic carbocycles. The van der Waals surface area contributed by atoms with E-state index in [2.05, 4.69) is 33.9 Å². The van der Waals surface area contributed by atoms with Crippen LogP contribution < -0.4 is 9.64 Å². The molecule has 0 saturated carbocycles. The van der Waals surface area contributed by atoms with E-state index in [0.29, 0.717) is 38.3 Å². The Balaban J connectivity index is 1.76. The Morgan fingerprint density at radius 3 is 2.71 bits per heavy atom. The summed E-state index contributed by atoms with van der Waals surface area (Å²) in [6, 6.07) is 10.1. The van der Waals surface area contributed by atoms with Crippen molar-refractivity contribution in [2.45, 2.75) is 20.1 Å². The summed E-state index contributed by atoms with van der Waals surface area (Å²) in [5.74, 6) is 1.24. The highest BCUT2D eigenvalue weighted by Gasteiger charge is 2.16. The van der Waals surface area contributed by atoms with Gasteiger partial charge < -0.3 is 19.1 Å². The average molecular weight is 329 g/mol. The van der Waals surface area contributed by atoms with Gasteiger partial charge in [-0.25, -0.2) is 4.98 Å². The number of aromatic nitrogens is 2. The third-order valence-corrected chi connectivity index (χ3v) is 3.80. The van der Waals surface area contributed by atoms with Gasteiger partial charge in [0.25, 0.3) is 0 Å². The molecule has 6 heteroatoms. The maximum atomic E-state index is 5.90. The number of rotatable bonds is 6. The summed E-state index contributed by atoms with van der Waals surface area (Å²) < 4.78 is 16.5. The second-order valence-electron chi connectivity index (χ2n) is 5.81. The molecule has 1 aliphatic rings. The lowest BCUT2D eigenvalue weighted by molar-refractivity contribution is 0.121. The van der Waals surface area contributed by atoms with E-state index in [1.54, 1.807) is 7.11 Å². The van der Waals surface area contributed by atoms with Gasteiger partial charge in [0.2, 0.25) is 11.8 Å². The average Bonchev–Trinajstić information content (AvgIpc) is 2.61. The molecule has 2 heterocycles. The van der Waals surface area contributed by atoms with Crippen molar-refractivity contribution in [1.82, 2.24) is 9.97 Å². The zero-order valence-corrected chi connectivity index (χ0v) is 14.2. The molecule has 0 spiro atoms. The number of ether oxygens (including phenoxy) is 3. The smallest absolute Gasteiger partial charge is 0.229 e. The fourth-order valence-electron chi connectivity index (χ4n) is 2.62. The normalized spacial score (nSPS) is 14.7. The van der Waals surface area contributed by atoms with Crippen molar-refractivity contribution in [3.8, 4) is 5.88 Å². The molecule has 1 aliphatic heterocycles. The van der Waals surface area contributed by atoms with Crippen molar-refractivity contribution in [1.29, 1.82) is 0 Å². The van der Waals surface area contributed by atoms with Crippen LogP contribution >= 0.6 is 0 Å². The number of benzene rings is 1. The van der Waals surface area contributed by atoms with Crippen molar-refractivity contribution in [3.05, 3.63) is 47.2 Å². The van der Waals surface area contributed by atoms with Gasteiger partial charge in [0, 0.05) is 26.3 Å². The molecule has 0 atom stereocenters. The van der Waals surface area contributed by atoms with Crippen molar-refractivity contribution in [3.63, 3.8) is 0 Å². The Labute approximate surface area is 142 Å². The summed E-state index contributed by atoms with van der Waals surface area (Å²) in [5.41, 5.74) is 3.15. The lowest BCUT2D eigenvalue weighted by Gasteiger charge is -2.27.